The van der Waals surface area contributed by atoms with Gasteiger partial charge < -0.3 is 54.4 Å². The number of thioether (sulfide) groups is 1. The van der Waals surface area contributed by atoms with Crippen molar-refractivity contribution in [2.45, 2.75) is 94.5 Å². The second-order valence-corrected chi connectivity index (χ2v) is 15.8. The first-order valence-electron chi connectivity index (χ1n) is 17.0. The molecule has 58 heavy (non-hydrogen) atoms. The summed E-state index contributed by atoms with van der Waals surface area (Å²) in [5, 5.41) is 47.6. The molecular weight excluding hydrogens is 851 g/mol. The molecule has 2 aliphatic rings. The molecule has 0 aliphatic carbocycles. The Kier molecular flexibility index (Phi) is 18.4. The van der Waals surface area contributed by atoms with E-state index in [9.17, 15) is 61.2 Å². The van der Waals surface area contributed by atoms with Crippen molar-refractivity contribution in [3.8, 4) is 11.5 Å². The summed E-state index contributed by atoms with van der Waals surface area (Å²) in [5.74, 6) is -1.46. The van der Waals surface area contributed by atoms with E-state index in [1.807, 2.05) is 0 Å². The number of methoxy groups -OCH3 is 2. The minimum Gasteiger partial charge on any atom is -0.493 e. The summed E-state index contributed by atoms with van der Waals surface area (Å²) in [6.07, 6.45) is -16.1. The second-order valence-electron chi connectivity index (χ2n) is 12.5. The van der Waals surface area contributed by atoms with E-state index in [4.69, 9.17) is 33.0 Å². The topological polar surface area (TPSA) is 362 Å². The van der Waals surface area contributed by atoms with E-state index in [1.54, 1.807) is 0 Å². The van der Waals surface area contributed by atoms with Crippen LogP contribution in [0.15, 0.2) is 12.1 Å². The maximum atomic E-state index is 13.4. The first-order chi connectivity index (χ1) is 27.1. The zero-order valence-corrected chi connectivity index (χ0v) is 33.7. The molecule has 3 rings (SSSR count). The van der Waals surface area contributed by atoms with Crippen LogP contribution in [0, 0.1) is 10.1 Å². The number of nitrogens with zero attached hydrogens (tertiary/aromatic N) is 1. The van der Waals surface area contributed by atoms with Gasteiger partial charge in [-0.05, 0) is 19.4 Å². The highest BCUT2D eigenvalue weighted by Gasteiger charge is 2.54. The van der Waals surface area contributed by atoms with Gasteiger partial charge in [-0.25, -0.2) is 8.37 Å². The Morgan fingerprint density at radius 3 is 2.26 bits per heavy atom. The van der Waals surface area contributed by atoms with Gasteiger partial charge in [0.15, 0.2) is 35.1 Å². The maximum absolute atomic E-state index is 13.4. The molecule has 7 N–H and O–H groups in total. The van der Waals surface area contributed by atoms with E-state index in [2.05, 4.69) is 19.0 Å². The van der Waals surface area contributed by atoms with E-state index in [0.29, 0.717) is 0 Å². The number of hydrogen-bond donors (Lipinski definition) is 7. The third-order valence-corrected chi connectivity index (χ3v) is 10.3. The van der Waals surface area contributed by atoms with Gasteiger partial charge >= 0.3 is 20.8 Å². The molecule has 10 atom stereocenters. The van der Waals surface area contributed by atoms with Crippen molar-refractivity contribution in [3.63, 3.8) is 0 Å². The van der Waals surface area contributed by atoms with Crippen molar-refractivity contribution < 1.29 is 97.4 Å². The molecule has 0 aromatic heterocycles. The van der Waals surface area contributed by atoms with Crippen LogP contribution in [0.3, 0.4) is 0 Å². The summed E-state index contributed by atoms with van der Waals surface area (Å²) in [6.45, 7) is 0.691. The molecule has 25 nitrogen and oxygen atoms in total. The van der Waals surface area contributed by atoms with E-state index >= 15 is 0 Å². The molecule has 1 aromatic carbocycles. The lowest BCUT2D eigenvalue weighted by Crippen LogP contribution is -2.68. The van der Waals surface area contributed by atoms with Crippen LogP contribution in [0.4, 0.5) is 5.69 Å². The van der Waals surface area contributed by atoms with Crippen LogP contribution in [-0.2, 0) is 69.1 Å². The van der Waals surface area contributed by atoms with Gasteiger partial charge in [-0.3, -0.25) is 33.6 Å². The predicted molar refractivity (Wildman–Crippen MR) is 193 cm³/mol. The van der Waals surface area contributed by atoms with Gasteiger partial charge in [0.1, 0.15) is 30.5 Å². The Bertz CT molecular complexity index is 1820. The van der Waals surface area contributed by atoms with Crippen LogP contribution in [0.25, 0.3) is 0 Å². The fraction of sp³-hybridized carbons (Fsp3) is 0.700. The number of carbonyl (C=O) groups is 3. The Labute approximate surface area is 336 Å². The number of aliphatic hydroxyl groups excluding tert-OH is 3. The monoisotopic (exact) mass is 895 g/mol. The highest BCUT2D eigenvalue weighted by atomic mass is 32.3. The highest BCUT2D eigenvalue weighted by Crippen LogP contribution is 2.35. The lowest BCUT2D eigenvalue weighted by atomic mass is 9.92. The van der Waals surface area contributed by atoms with Gasteiger partial charge in [0.25, 0.3) is 11.6 Å². The molecule has 28 heteroatoms. The number of ether oxygens (including phenoxy) is 6. The minimum absolute atomic E-state index is 0.00541. The van der Waals surface area contributed by atoms with Gasteiger partial charge in [-0.1, -0.05) is 11.8 Å². The van der Waals surface area contributed by atoms with Crippen LogP contribution in [-0.4, -0.2) is 164 Å². The summed E-state index contributed by atoms with van der Waals surface area (Å²) >= 11 is 0.830. The molecule has 10 unspecified atom stereocenters. The first kappa shape index (κ1) is 49.0. The minimum atomic E-state index is -5.38. The predicted octanol–water partition coefficient (Wildman–Crippen LogP) is -2.22. The Hall–Kier alpha value is -3.36. The fourth-order valence-corrected chi connectivity index (χ4v) is 7.41. The number of aliphatic hydroxyl groups is 3. The van der Waals surface area contributed by atoms with Gasteiger partial charge in [0, 0.05) is 32.8 Å². The molecule has 2 aliphatic heterocycles. The van der Waals surface area contributed by atoms with Crippen molar-refractivity contribution >= 4 is 55.2 Å². The first-order valence-corrected chi connectivity index (χ1v) is 20.7. The van der Waals surface area contributed by atoms with E-state index < -0.39 is 112 Å². The molecule has 0 saturated carbocycles. The van der Waals surface area contributed by atoms with E-state index in [-0.39, 0.29) is 59.6 Å². The van der Waals surface area contributed by atoms with Crippen molar-refractivity contribution in [2.75, 3.05) is 39.7 Å². The molecule has 2 amide bonds. The van der Waals surface area contributed by atoms with Crippen molar-refractivity contribution in [1.82, 2.24) is 10.6 Å². The Morgan fingerprint density at radius 1 is 1.00 bits per heavy atom. The quantitative estimate of drug-likeness (QED) is 0.0297. The normalized spacial score (nSPS) is 27.7. The highest BCUT2D eigenvalue weighted by molar-refractivity contribution is 8.13. The van der Waals surface area contributed by atoms with Gasteiger partial charge in [0.2, 0.25) is 5.91 Å². The summed E-state index contributed by atoms with van der Waals surface area (Å²) < 4.78 is 106. The SMILES string of the molecule is COc1cc(CO)c([N+](=O)[O-])cc1OCCCC(=O)SCCNC(=O)C1OC(OC2C(O)C(COS(=O)(=O)O)OC(C)C2NC(C)=O)C(OS(=O)(=O)O)C(O)C1OC. The summed E-state index contributed by atoms with van der Waals surface area (Å²) in [4.78, 5) is 48.5. The number of nitro groups is 1. The van der Waals surface area contributed by atoms with Crippen molar-refractivity contribution in [3.05, 3.63) is 27.8 Å². The number of benzene rings is 1. The smallest absolute Gasteiger partial charge is 0.397 e. The molecule has 0 spiro atoms. The second kappa shape index (κ2) is 21.8. The number of nitro benzene ring substituents is 1. The van der Waals surface area contributed by atoms with Crippen LogP contribution >= 0.6 is 11.8 Å². The average molecular weight is 896 g/mol. The molecular formula is C30H45N3O22S3. The standard InChI is InChI=1S/C30H45N3O22S3/c1-14-22(32-15(2)35)25(23(37)20(52-14)13-51-57(42,43)44)53-30-27(55-58(45,46)47)24(38)26(49-4)28(54-30)29(39)31-7-9-56-21(36)6-5-8-50-19-11-17(33(40)41)16(12-34)10-18(19)48-3/h10-11,14,20,22-28,30,34,37-38H,5-9,12-13H2,1-4H3,(H,31,39)(H,32,35)(H,42,43,44)(H,45,46,47). The van der Waals surface area contributed by atoms with Crippen LogP contribution in [0.1, 0.15) is 32.3 Å². The molecule has 2 saturated heterocycles. The van der Waals surface area contributed by atoms with Crippen molar-refractivity contribution in [1.29, 1.82) is 0 Å². The summed E-state index contributed by atoms with van der Waals surface area (Å²) in [6, 6.07) is 1.07. The lowest BCUT2D eigenvalue weighted by Gasteiger charge is -2.47. The summed E-state index contributed by atoms with van der Waals surface area (Å²) in [7, 11) is -8.07. The largest absolute Gasteiger partial charge is 0.493 e. The van der Waals surface area contributed by atoms with Crippen LogP contribution < -0.4 is 20.1 Å². The Balaban J connectivity index is 1.67. The molecule has 330 valence electrons. The van der Waals surface area contributed by atoms with Gasteiger partial charge in [-0.2, -0.15) is 16.8 Å². The number of hydrogen-bond acceptors (Lipinski definition) is 21. The van der Waals surface area contributed by atoms with Crippen LogP contribution in [0.5, 0.6) is 11.5 Å². The summed E-state index contributed by atoms with van der Waals surface area (Å²) in [5.41, 5.74) is -0.362. The van der Waals surface area contributed by atoms with Crippen LogP contribution in [0.2, 0.25) is 0 Å². The van der Waals surface area contributed by atoms with Gasteiger partial charge in [0.05, 0.1) is 55.6 Å². The number of nitrogens with one attached hydrogen (secondary N) is 2. The maximum Gasteiger partial charge on any atom is 0.397 e. The third-order valence-electron chi connectivity index (χ3n) is 8.47. The third kappa shape index (κ3) is 14.1. The number of amides is 2. The van der Waals surface area contributed by atoms with Gasteiger partial charge in [-0.15, -0.1) is 0 Å². The zero-order chi connectivity index (χ0) is 43.5. The molecule has 0 bridgehead atoms. The van der Waals surface area contributed by atoms with E-state index in [0.717, 1.165) is 31.9 Å². The molecule has 2 heterocycles. The molecule has 1 aromatic rings. The number of carbonyl (C=O) groups excluding carboxylic acids is 3. The molecule has 2 fully saturated rings. The van der Waals surface area contributed by atoms with Crippen molar-refractivity contribution in [2.24, 2.45) is 0 Å². The Morgan fingerprint density at radius 2 is 1.69 bits per heavy atom. The molecule has 0 radical (unpaired) electrons. The van der Waals surface area contributed by atoms with E-state index in [1.165, 1.54) is 20.1 Å². The average Bonchev–Trinajstić information content (AvgIpc) is 3.13. The number of rotatable bonds is 21. The fourth-order valence-electron chi connectivity index (χ4n) is 5.90. The lowest BCUT2D eigenvalue weighted by molar-refractivity contribution is -0.386. The zero-order valence-electron chi connectivity index (χ0n) is 31.2.